The second kappa shape index (κ2) is 6.11. The van der Waals surface area contributed by atoms with Crippen molar-refractivity contribution in [3.8, 4) is 11.4 Å². The summed E-state index contributed by atoms with van der Waals surface area (Å²) in [5.41, 5.74) is 3.71. The molecule has 24 heavy (non-hydrogen) atoms. The number of aromatic amines is 1. The summed E-state index contributed by atoms with van der Waals surface area (Å²) >= 11 is 0. The lowest BCUT2D eigenvalue weighted by molar-refractivity contribution is 0.0735. The van der Waals surface area contributed by atoms with Crippen molar-refractivity contribution >= 4 is 16.9 Å². The van der Waals surface area contributed by atoms with E-state index in [1.54, 1.807) is 0 Å². The number of hydrogen-bond donors (Lipinski definition) is 1. The highest BCUT2D eigenvalue weighted by Gasteiger charge is 2.24. The van der Waals surface area contributed by atoms with E-state index in [0.29, 0.717) is 6.04 Å². The normalized spacial score (nSPS) is 15.0. The van der Waals surface area contributed by atoms with Crippen molar-refractivity contribution < 1.29 is 4.79 Å². The number of hydrogen-bond acceptors (Lipinski definition) is 2. The van der Waals surface area contributed by atoms with Gasteiger partial charge in [0.05, 0.1) is 11.0 Å². The fourth-order valence-electron chi connectivity index (χ4n) is 3.52. The van der Waals surface area contributed by atoms with Crippen LogP contribution < -0.4 is 0 Å². The minimum atomic E-state index is 0.109. The Morgan fingerprint density at radius 2 is 1.79 bits per heavy atom. The molecule has 1 fully saturated rings. The van der Waals surface area contributed by atoms with E-state index in [0.717, 1.165) is 40.8 Å². The van der Waals surface area contributed by atoms with Crippen molar-refractivity contribution in [1.29, 1.82) is 0 Å². The first-order valence-electron chi connectivity index (χ1n) is 8.55. The predicted molar refractivity (Wildman–Crippen MR) is 95.9 cm³/mol. The molecule has 1 aliphatic rings. The summed E-state index contributed by atoms with van der Waals surface area (Å²) in [5, 5.41) is 0. The van der Waals surface area contributed by atoms with Gasteiger partial charge in [-0.25, -0.2) is 4.98 Å². The van der Waals surface area contributed by atoms with Crippen LogP contribution in [0.5, 0.6) is 0 Å². The van der Waals surface area contributed by atoms with Crippen molar-refractivity contribution in [2.45, 2.75) is 31.7 Å². The van der Waals surface area contributed by atoms with Gasteiger partial charge in [-0.2, -0.15) is 0 Å². The molecule has 3 aromatic rings. The van der Waals surface area contributed by atoms with Gasteiger partial charge in [0.15, 0.2) is 0 Å². The molecule has 1 amide bonds. The smallest absolute Gasteiger partial charge is 0.253 e. The number of carbonyl (C=O) groups excluding carboxylic acids is 1. The maximum atomic E-state index is 12.6. The number of rotatable bonds is 3. The van der Waals surface area contributed by atoms with Crippen molar-refractivity contribution in [1.82, 2.24) is 14.9 Å². The summed E-state index contributed by atoms with van der Waals surface area (Å²) in [6.45, 7) is 0. The number of para-hydroxylation sites is 2. The Hall–Kier alpha value is -2.62. The van der Waals surface area contributed by atoms with Crippen LogP contribution in [0, 0.1) is 0 Å². The molecular formula is C20H21N3O. The van der Waals surface area contributed by atoms with Crippen LogP contribution in [0.2, 0.25) is 0 Å². The Morgan fingerprint density at radius 1 is 1.08 bits per heavy atom. The quantitative estimate of drug-likeness (QED) is 0.785. The third kappa shape index (κ3) is 2.68. The monoisotopic (exact) mass is 319 g/mol. The Kier molecular flexibility index (Phi) is 3.81. The highest BCUT2D eigenvalue weighted by atomic mass is 16.2. The topological polar surface area (TPSA) is 49.0 Å². The van der Waals surface area contributed by atoms with E-state index >= 15 is 0 Å². The van der Waals surface area contributed by atoms with E-state index in [9.17, 15) is 4.79 Å². The molecule has 4 rings (SSSR count). The average Bonchev–Trinajstić information content (AvgIpc) is 3.30. The lowest BCUT2D eigenvalue weighted by atomic mass is 10.1. The van der Waals surface area contributed by atoms with Crippen LogP contribution in [0.4, 0.5) is 0 Å². The van der Waals surface area contributed by atoms with Gasteiger partial charge in [0, 0.05) is 24.2 Å². The molecule has 2 aromatic carbocycles. The van der Waals surface area contributed by atoms with Gasteiger partial charge in [-0.3, -0.25) is 4.79 Å². The average molecular weight is 319 g/mol. The summed E-state index contributed by atoms with van der Waals surface area (Å²) in [5.74, 6) is 0.942. The second-order valence-electron chi connectivity index (χ2n) is 6.53. The summed E-state index contributed by atoms with van der Waals surface area (Å²) in [4.78, 5) is 22.5. The zero-order valence-electron chi connectivity index (χ0n) is 13.8. The minimum absolute atomic E-state index is 0.109. The predicted octanol–water partition coefficient (Wildman–Crippen LogP) is 4.24. The second-order valence-corrected chi connectivity index (χ2v) is 6.53. The number of imidazole rings is 1. The maximum absolute atomic E-state index is 12.6. The molecule has 0 bridgehead atoms. The van der Waals surface area contributed by atoms with Crippen molar-refractivity contribution in [3.63, 3.8) is 0 Å². The largest absolute Gasteiger partial charge is 0.339 e. The number of carbonyl (C=O) groups is 1. The lowest BCUT2D eigenvalue weighted by Gasteiger charge is -2.24. The fourth-order valence-corrected chi connectivity index (χ4v) is 3.52. The van der Waals surface area contributed by atoms with Crippen molar-refractivity contribution in [3.05, 3.63) is 54.1 Å². The molecular weight excluding hydrogens is 298 g/mol. The summed E-state index contributed by atoms with van der Waals surface area (Å²) in [6, 6.07) is 16.1. The van der Waals surface area contributed by atoms with Crippen LogP contribution in [0.1, 0.15) is 36.0 Å². The molecule has 0 atom stereocenters. The SMILES string of the molecule is CN(C(=O)c1ccc(-c2nc3ccccc3[nH]2)cc1)C1CCCC1. The summed E-state index contributed by atoms with van der Waals surface area (Å²) in [6.07, 6.45) is 4.71. The van der Waals surface area contributed by atoms with Gasteiger partial charge in [0.2, 0.25) is 0 Å². The third-order valence-electron chi connectivity index (χ3n) is 4.99. The number of fused-ring (bicyclic) bond motifs is 1. The van der Waals surface area contributed by atoms with E-state index in [1.165, 1.54) is 12.8 Å². The van der Waals surface area contributed by atoms with Gasteiger partial charge in [-0.15, -0.1) is 0 Å². The number of nitrogens with zero attached hydrogens (tertiary/aromatic N) is 2. The summed E-state index contributed by atoms with van der Waals surface area (Å²) in [7, 11) is 1.92. The van der Waals surface area contributed by atoms with Gasteiger partial charge in [-0.05, 0) is 37.1 Å². The van der Waals surface area contributed by atoms with Gasteiger partial charge in [0.25, 0.3) is 5.91 Å². The molecule has 0 aliphatic heterocycles. The molecule has 1 N–H and O–H groups in total. The number of nitrogens with one attached hydrogen (secondary N) is 1. The number of amides is 1. The lowest BCUT2D eigenvalue weighted by Crippen LogP contribution is -2.35. The highest BCUT2D eigenvalue weighted by molar-refractivity contribution is 5.94. The van der Waals surface area contributed by atoms with Crippen LogP contribution in [-0.4, -0.2) is 33.9 Å². The van der Waals surface area contributed by atoms with Gasteiger partial charge in [0.1, 0.15) is 5.82 Å². The van der Waals surface area contributed by atoms with E-state index < -0.39 is 0 Å². The van der Waals surface area contributed by atoms with Crippen LogP contribution in [0.25, 0.3) is 22.4 Å². The van der Waals surface area contributed by atoms with E-state index in [2.05, 4.69) is 9.97 Å². The number of H-pyrrole nitrogens is 1. The van der Waals surface area contributed by atoms with E-state index in [-0.39, 0.29) is 5.91 Å². The number of aromatic nitrogens is 2. The van der Waals surface area contributed by atoms with Crippen LogP contribution >= 0.6 is 0 Å². The molecule has 122 valence electrons. The van der Waals surface area contributed by atoms with Gasteiger partial charge >= 0.3 is 0 Å². The maximum Gasteiger partial charge on any atom is 0.253 e. The molecule has 0 radical (unpaired) electrons. The first-order valence-corrected chi connectivity index (χ1v) is 8.55. The molecule has 1 saturated carbocycles. The molecule has 1 aromatic heterocycles. The number of benzene rings is 2. The van der Waals surface area contributed by atoms with E-state index in [1.807, 2.05) is 60.5 Å². The molecule has 4 nitrogen and oxygen atoms in total. The minimum Gasteiger partial charge on any atom is -0.339 e. The zero-order chi connectivity index (χ0) is 16.5. The standard InChI is InChI=1S/C20H21N3O/c1-23(16-6-2-3-7-16)20(24)15-12-10-14(11-13-15)19-21-17-8-4-5-9-18(17)22-19/h4-5,8-13,16H,2-3,6-7H2,1H3,(H,21,22). The van der Waals surface area contributed by atoms with Crippen LogP contribution in [0.3, 0.4) is 0 Å². The Morgan fingerprint density at radius 3 is 2.50 bits per heavy atom. The van der Waals surface area contributed by atoms with Crippen LogP contribution in [-0.2, 0) is 0 Å². The van der Waals surface area contributed by atoms with Crippen LogP contribution in [0.15, 0.2) is 48.5 Å². The highest BCUT2D eigenvalue weighted by Crippen LogP contribution is 2.25. The first-order chi connectivity index (χ1) is 11.7. The third-order valence-corrected chi connectivity index (χ3v) is 4.99. The summed E-state index contributed by atoms with van der Waals surface area (Å²) < 4.78 is 0. The molecule has 1 heterocycles. The van der Waals surface area contributed by atoms with Gasteiger partial charge in [-0.1, -0.05) is 37.1 Å². The molecule has 4 heteroatoms. The fraction of sp³-hybridized carbons (Fsp3) is 0.300. The zero-order valence-corrected chi connectivity index (χ0v) is 13.8. The van der Waals surface area contributed by atoms with Gasteiger partial charge < -0.3 is 9.88 Å². The van der Waals surface area contributed by atoms with E-state index in [4.69, 9.17) is 0 Å². The molecule has 1 aliphatic carbocycles. The Labute approximate surface area is 141 Å². The van der Waals surface area contributed by atoms with Crippen molar-refractivity contribution in [2.24, 2.45) is 0 Å². The molecule has 0 unspecified atom stereocenters. The molecule has 0 spiro atoms. The Balaban J connectivity index is 1.56. The Bertz CT molecular complexity index is 827. The van der Waals surface area contributed by atoms with Crippen molar-refractivity contribution in [2.75, 3.05) is 7.05 Å². The molecule has 0 saturated heterocycles. The first kappa shape index (κ1) is 14.9.